The number of aliphatic hydroxyl groups excluding tert-OH is 2. The van der Waals surface area contributed by atoms with Crippen LogP contribution < -0.4 is 11.4 Å². The molecule has 40 heavy (non-hydrogen) atoms. The molecular weight excluding hydrogens is 506 g/mol. The summed E-state index contributed by atoms with van der Waals surface area (Å²) in [6.07, 6.45) is 8.74. The van der Waals surface area contributed by atoms with Crippen molar-refractivity contribution in [1.29, 1.82) is 0 Å². The molecule has 0 bridgehead atoms. The molecule has 0 radical (unpaired) electrons. The number of rotatable bonds is 14. The van der Waals surface area contributed by atoms with Crippen molar-refractivity contribution in [3.63, 3.8) is 0 Å². The molecule has 2 rings (SSSR count). The fraction of sp³-hybridized carbons (Fsp3) is 0.515. The van der Waals surface area contributed by atoms with Crippen molar-refractivity contribution in [2.24, 2.45) is 35.3 Å². The molecule has 0 spiro atoms. The summed E-state index contributed by atoms with van der Waals surface area (Å²) >= 11 is 0. The maximum absolute atomic E-state index is 11.5. The van der Waals surface area contributed by atoms with Crippen molar-refractivity contribution in [3.05, 3.63) is 76.2 Å². The zero-order chi connectivity index (χ0) is 30.0. The quantitative estimate of drug-likeness (QED) is 0.182. The van der Waals surface area contributed by atoms with Crippen LogP contribution in [0.15, 0.2) is 69.4 Å². The van der Waals surface area contributed by atoms with Crippen molar-refractivity contribution < 1.29 is 24.2 Å². The highest BCUT2D eigenvalue weighted by Crippen LogP contribution is 2.29. The molecule has 7 nitrogen and oxygen atoms in total. The van der Waals surface area contributed by atoms with Crippen LogP contribution in [0.5, 0.6) is 0 Å². The number of nitrogens with two attached hydrogens (primary N) is 1. The normalized spacial score (nSPS) is 18.8. The molecule has 4 N–H and O–H groups in total. The Kier molecular flexibility index (Phi) is 12.9. The molecule has 0 fully saturated rings. The average Bonchev–Trinajstić information content (AvgIpc) is 2.91. The van der Waals surface area contributed by atoms with Gasteiger partial charge in [0, 0.05) is 35.1 Å². The van der Waals surface area contributed by atoms with E-state index in [1.165, 1.54) is 6.07 Å². The van der Waals surface area contributed by atoms with Gasteiger partial charge in [0.15, 0.2) is 0 Å². The first-order valence-corrected chi connectivity index (χ1v) is 14.2. The second kappa shape index (κ2) is 15.6. The Labute approximate surface area is 238 Å². The van der Waals surface area contributed by atoms with E-state index in [2.05, 4.69) is 6.08 Å². The van der Waals surface area contributed by atoms with Crippen LogP contribution in [-0.4, -0.2) is 34.6 Å². The van der Waals surface area contributed by atoms with Gasteiger partial charge in [0.05, 0.1) is 12.2 Å². The third kappa shape index (κ3) is 9.79. The smallest absolute Gasteiger partial charge is 0.404 e. The molecule has 2 aromatic rings. The monoisotopic (exact) mass is 553 g/mol. The van der Waals surface area contributed by atoms with Gasteiger partial charge in [0.1, 0.15) is 11.7 Å². The molecule has 0 aliphatic rings. The van der Waals surface area contributed by atoms with E-state index in [0.29, 0.717) is 12.0 Å². The minimum Gasteiger partial charge on any atom is -0.445 e. The van der Waals surface area contributed by atoms with Crippen LogP contribution in [0.4, 0.5) is 4.79 Å². The van der Waals surface area contributed by atoms with Gasteiger partial charge < -0.3 is 25.1 Å². The van der Waals surface area contributed by atoms with Crippen LogP contribution >= 0.6 is 0 Å². The molecule has 1 amide bonds. The first kappa shape index (κ1) is 33.0. The van der Waals surface area contributed by atoms with E-state index in [1.807, 2.05) is 91.0 Å². The number of carbonyl (C=O) groups excluding carboxylic acids is 1. The molecular formula is C33H47NO6. The number of aliphatic hydroxyl groups is 2. The topological polar surface area (TPSA) is 123 Å². The standard InChI is InChI=1S/C33H47NO6/c1-8-9-10-22(4)32(40-33(34)38)25(7)31(37)24(6)18-20(2)17-23(5)30(36)21(3)11-12-26-13-14-27-15-16-29(35)39-28(27)19-26/h9-17,19,21-25,30-32,36-37H,8,18H2,1-7H3,(H2,34,38)/b10-9-,12-11-,20-17-/t21?,22?,23-,24-,25-,30-,31+,32-/m0/s1. The lowest BCUT2D eigenvalue weighted by molar-refractivity contribution is -0.0266. The van der Waals surface area contributed by atoms with Crippen molar-refractivity contribution in [2.75, 3.05) is 0 Å². The molecule has 2 unspecified atom stereocenters. The van der Waals surface area contributed by atoms with Crippen LogP contribution in [0, 0.1) is 29.6 Å². The van der Waals surface area contributed by atoms with Crippen molar-refractivity contribution >= 4 is 23.1 Å². The largest absolute Gasteiger partial charge is 0.445 e. The van der Waals surface area contributed by atoms with E-state index < -0.39 is 24.4 Å². The van der Waals surface area contributed by atoms with E-state index in [-0.39, 0.29) is 35.2 Å². The molecule has 220 valence electrons. The lowest BCUT2D eigenvalue weighted by Gasteiger charge is -2.33. The Morgan fingerprint density at radius 2 is 1.68 bits per heavy atom. The van der Waals surface area contributed by atoms with Crippen LogP contribution in [0.3, 0.4) is 0 Å². The molecule has 7 heteroatoms. The van der Waals surface area contributed by atoms with Gasteiger partial charge in [-0.2, -0.15) is 0 Å². The minimum absolute atomic E-state index is 0.0844. The van der Waals surface area contributed by atoms with Crippen molar-refractivity contribution in [1.82, 2.24) is 0 Å². The Bertz CT molecular complexity index is 1240. The van der Waals surface area contributed by atoms with Crippen LogP contribution in [-0.2, 0) is 4.74 Å². The Morgan fingerprint density at radius 1 is 1.00 bits per heavy atom. The van der Waals surface area contributed by atoms with Crippen molar-refractivity contribution in [3.8, 4) is 0 Å². The summed E-state index contributed by atoms with van der Waals surface area (Å²) in [4.78, 5) is 23.1. The second-order valence-corrected chi connectivity index (χ2v) is 11.3. The summed E-state index contributed by atoms with van der Waals surface area (Å²) in [5, 5.41) is 22.9. The van der Waals surface area contributed by atoms with Crippen LogP contribution in [0.25, 0.3) is 17.0 Å². The zero-order valence-corrected chi connectivity index (χ0v) is 24.9. The summed E-state index contributed by atoms with van der Waals surface area (Å²) in [5.41, 5.74) is 7.42. The molecule has 0 saturated heterocycles. The van der Waals surface area contributed by atoms with Crippen LogP contribution in [0.2, 0.25) is 0 Å². The Morgan fingerprint density at radius 3 is 2.33 bits per heavy atom. The minimum atomic E-state index is -0.845. The second-order valence-electron chi connectivity index (χ2n) is 11.3. The number of amides is 1. The van der Waals surface area contributed by atoms with Gasteiger partial charge in [-0.25, -0.2) is 9.59 Å². The van der Waals surface area contributed by atoms with Gasteiger partial charge >= 0.3 is 11.7 Å². The van der Waals surface area contributed by atoms with Crippen LogP contribution in [0.1, 0.15) is 66.9 Å². The number of primary amides is 1. The summed E-state index contributed by atoms with van der Waals surface area (Å²) in [7, 11) is 0. The van der Waals surface area contributed by atoms with Gasteiger partial charge in [-0.1, -0.05) is 89.6 Å². The molecule has 0 aliphatic heterocycles. The summed E-state index contributed by atoms with van der Waals surface area (Å²) in [5.74, 6) is -0.727. The van der Waals surface area contributed by atoms with Gasteiger partial charge in [0.25, 0.3) is 0 Å². The van der Waals surface area contributed by atoms with Gasteiger partial charge in [0.2, 0.25) is 0 Å². The molecule has 8 atom stereocenters. The Balaban J connectivity index is 2.02. The number of fused-ring (bicyclic) bond motifs is 1. The van der Waals surface area contributed by atoms with Gasteiger partial charge in [-0.05, 0) is 43.4 Å². The first-order chi connectivity index (χ1) is 18.8. The SMILES string of the molecule is CC/C=C\C(C)[C@H](OC(N)=O)[C@@H](C)[C@H](O)[C@@H](C)C/C(C)=C\[C@H](C)[C@@H](O)C(C)/C=C\c1ccc2ccc(=O)oc2c1. The predicted octanol–water partition coefficient (Wildman–Crippen LogP) is 6.48. The van der Waals surface area contributed by atoms with E-state index in [1.54, 1.807) is 6.07 Å². The average molecular weight is 554 g/mol. The molecule has 1 heterocycles. The maximum atomic E-state index is 11.5. The van der Waals surface area contributed by atoms with Gasteiger partial charge in [-0.15, -0.1) is 0 Å². The number of hydrogen-bond donors (Lipinski definition) is 3. The van der Waals surface area contributed by atoms with E-state index in [0.717, 1.165) is 22.9 Å². The number of carbonyl (C=O) groups is 1. The highest BCUT2D eigenvalue weighted by molar-refractivity contribution is 5.79. The predicted molar refractivity (Wildman–Crippen MR) is 162 cm³/mol. The van der Waals surface area contributed by atoms with E-state index in [9.17, 15) is 19.8 Å². The maximum Gasteiger partial charge on any atom is 0.404 e. The number of ether oxygens (including phenoxy) is 1. The number of benzene rings is 1. The first-order valence-electron chi connectivity index (χ1n) is 14.2. The van der Waals surface area contributed by atoms with E-state index >= 15 is 0 Å². The molecule has 0 saturated carbocycles. The lowest BCUT2D eigenvalue weighted by Crippen LogP contribution is -2.41. The molecule has 1 aromatic heterocycles. The zero-order valence-electron chi connectivity index (χ0n) is 24.9. The summed E-state index contributed by atoms with van der Waals surface area (Å²) in [6.45, 7) is 13.8. The molecule has 0 aliphatic carbocycles. The highest BCUT2D eigenvalue weighted by Gasteiger charge is 2.33. The van der Waals surface area contributed by atoms with E-state index in [4.69, 9.17) is 14.9 Å². The highest BCUT2D eigenvalue weighted by atomic mass is 16.6. The molecule has 1 aromatic carbocycles. The fourth-order valence-corrected chi connectivity index (χ4v) is 5.28. The third-order valence-corrected chi connectivity index (χ3v) is 7.59. The van der Waals surface area contributed by atoms with Gasteiger partial charge in [-0.3, -0.25) is 0 Å². The summed E-state index contributed by atoms with van der Waals surface area (Å²) in [6, 6.07) is 8.79. The fourth-order valence-electron chi connectivity index (χ4n) is 5.28. The summed E-state index contributed by atoms with van der Waals surface area (Å²) < 4.78 is 10.7. The number of hydrogen-bond acceptors (Lipinski definition) is 6. The third-order valence-electron chi connectivity index (χ3n) is 7.59. The lowest BCUT2D eigenvalue weighted by atomic mass is 9.81. The Hall–Kier alpha value is -3.16. The number of allylic oxidation sites excluding steroid dienone is 2. The van der Waals surface area contributed by atoms with Crippen molar-refractivity contribution in [2.45, 2.75) is 79.6 Å².